The molecule has 0 saturated heterocycles. The summed E-state index contributed by atoms with van der Waals surface area (Å²) in [6.07, 6.45) is 0.0943. The number of likely N-dealkylation sites (N-methyl/N-ethyl adjacent to an activating group) is 1. The summed E-state index contributed by atoms with van der Waals surface area (Å²) in [5, 5.41) is 2.95. The number of benzene rings is 2. The summed E-state index contributed by atoms with van der Waals surface area (Å²) in [6.45, 7) is 0. The molecule has 0 aromatic heterocycles. The first kappa shape index (κ1) is 15.1. The van der Waals surface area contributed by atoms with Gasteiger partial charge in [0.1, 0.15) is 17.5 Å². The van der Waals surface area contributed by atoms with E-state index in [1.165, 1.54) is 24.3 Å². The van der Waals surface area contributed by atoms with Crippen molar-refractivity contribution in [1.29, 1.82) is 0 Å². The lowest BCUT2D eigenvalue weighted by atomic mass is 9.98. The molecule has 0 radical (unpaired) electrons. The summed E-state index contributed by atoms with van der Waals surface area (Å²) >= 11 is 3.04. The van der Waals surface area contributed by atoms with E-state index < -0.39 is 11.6 Å². The van der Waals surface area contributed by atoms with Gasteiger partial charge in [-0.1, -0.05) is 12.1 Å². The normalized spacial score (nSPS) is 12.4. The Bertz CT molecular complexity index is 616. The van der Waals surface area contributed by atoms with Gasteiger partial charge in [-0.3, -0.25) is 0 Å². The molecule has 1 unspecified atom stereocenters. The molecule has 0 aliphatic carbocycles. The minimum atomic E-state index is -0.623. The van der Waals surface area contributed by atoms with Crippen molar-refractivity contribution in [2.45, 2.75) is 12.5 Å². The molecule has 2 aromatic rings. The topological polar surface area (TPSA) is 12.0 Å². The third-order valence-electron chi connectivity index (χ3n) is 3.15. The zero-order valence-electron chi connectivity index (χ0n) is 10.8. The fourth-order valence-electron chi connectivity index (χ4n) is 2.07. The van der Waals surface area contributed by atoms with E-state index >= 15 is 0 Å². The van der Waals surface area contributed by atoms with E-state index in [-0.39, 0.29) is 28.3 Å². The summed E-state index contributed by atoms with van der Waals surface area (Å²) < 4.78 is 41.2. The predicted molar refractivity (Wildman–Crippen MR) is 76.0 cm³/mol. The van der Waals surface area contributed by atoms with E-state index in [2.05, 4.69) is 21.2 Å². The first-order valence-electron chi connectivity index (χ1n) is 6.08. The molecule has 1 N–H and O–H groups in total. The number of rotatable bonds is 4. The number of hydrogen-bond acceptors (Lipinski definition) is 1. The average Bonchev–Trinajstić information content (AvgIpc) is 2.43. The van der Waals surface area contributed by atoms with Crippen LogP contribution in [0, 0.1) is 17.5 Å². The maximum Gasteiger partial charge on any atom is 0.143 e. The van der Waals surface area contributed by atoms with Crippen LogP contribution in [-0.4, -0.2) is 7.05 Å². The van der Waals surface area contributed by atoms with Crippen LogP contribution in [0.25, 0.3) is 0 Å². The second-order valence-electron chi connectivity index (χ2n) is 4.42. The summed E-state index contributed by atoms with van der Waals surface area (Å²) in [4.78, 5) is 0. The number of halogens is 4. The molecule has 0 heterocycles. The molecule has 0 amide bonds. The van der Waals surface area contributed by atoms with Gasteiger partial charge in [0, 0.05) is 11.6 Å². The van der Waals surface area contributed by atoms with E-state index in [1.807, 2.05) is 0 Å². The Labute approximate surface area is 123 Å². The number of nitrogens with one attached hydrogen (secondary N) is 1. The zero-order valence-corrected chi connectivity index (χ0v) is 12.3. The van der Waals surface area contributed by atoms with E-state index in [0.29, 0.717) is 5.56 Å². The maximum absolute atomic E-state index is 14.0. The Kier molecular flexibility index (Phi) is 4.83. The molecule has 0 aliphatic rings. The van der Waals surface area contributed by atoms with Crippen LogP contribution in [0.1, 0.15) is 17.2 Å². The Morgan fingerprint density at radius 2 is 1.90 bits per heavy atom. The second kappa shape index (κ2) is 6.41. The minimum absolute atomic E-state index is 0.0250. The third-order valence-corrected chi connectivity index (χ3v) is 3.76. The van der Waals surface area contributed by atoms with E-state index in [4.69, 9.17) is 0 Å². The molecule has 0 saturated carbocycles. The van der Waals surface area contributed by atoms with Gasteiger partial charge in [0.25, 0.3) is 0 Å². The van der Waals surface area contributed by atoms with Gasteiger partial charge in [0.2, 0.25) is 0 Å². The molecule has 1 atom stereocenters. The van der Waals surface area contributed by atoms with Crippen LogP contribution in [0.5, 0.6) is 0 Å². The van der Waals surface area contributed by atoms with Gasteiger partial charge in [-0.25, -0.2) is 13.2 Å². The molecule has 0 fully saturated rings. The Balaban J connectivity index is 2.34. The Morgan fingerprint density at radius 3 is 2.55 bits per heavy atom. The maximum atomic E-state index is 14.0. The molecule has 106 valence electrons. The van der Waals surface area contributed by atoms with Crippen molar-refractivity contribution in [3.8, 4) is 0 Å². The van der Waals surface area contributed by atoms with Crippen LogP contribution >= 0.6 is 15.9 Å². The lowest BCUT2D eigenvalue weighted by Gasteiger charge is -2.18. The molecule has 0 spiro atoms. The fraction of sp³-hybridized carbons (Fsp3) is 0.200. The molecule has 2 aromatic carbocycles. The molecule has 1 nitrogen and oxygen atoms in total. The van der Waals surface area contributed by atoms with Gasteiger partial charge < -0.3 is 5.32 Å². The number of hydrogen-bond donors (Lipinski definition) is 1. The van der Waals surface area contributed by atoms with Gasteiger partial charge in [-0.2, -0.15) is 0 Å². The SMILES string of the molecule is CNC(Cc1c(F)ccc(Br)c1F)c1cccc(F)c1. The monoisotopic (exact) mass is 343 g/mol. The van der Waals surface area contributed by atoms with Crippen molar-refractivity contribution < 1.29 is 13.2 Å². The Morgan fingerprint density at radius 1 is 1.15 bits per heavy atom. The van der Waals surface area contributed by atoms with Crippen LogP contribution in [0.4, 0.5) is 13.2 Å². The molecule has 2 rings (SSSR count). The highest BCUT2D eigenvalue weighted by molar-refractivity contribution is 9.10. The third kappa shape index (κ3) is 3.22. The molecular weight excluding hydrogens is 331 g/mol. The largest absolute Gasteiger partial charge is 0.313 e. The zero-order chi connectivity index (χ0) is 14.7. The van der Waals surface area contributed by atoms with Crippen LogP contribution in [0.3, 0.4) is 0 Å². The lowest BCUT2D eigenvalue weighted by Crippen LogP contribution is -2.20. The average molecular weight is 344 g/mol. The van der Waals surface area contributed by atoms with Crippen molar-refractivity contribution in [2.75, 3.05) is 7.05 Å². The summed E-state index contributed by atoms with van der Waals surface area (Å²) in [7, 11) is 1.67. The van der Waals surface area contributed by atoms with Crippen LogP contribution in [-0.2, 0) is 6.42 Å². The molecule has 0 bridgehead atoms. The second-order valence-corrected chi connectivity index (χ2v) is 5.28. The van der Waals surface area contributed by atoms with Gasteiger partial charge in [0.05, 0.1) is 4.47 Å². The molecule has 20 heavy (non-hydrogen) atoms. The first-order chi connectivity index (χ1) is 9.52. The van der Waals surface area contributed by atoms with Crippen molar-refractivity contribution >= 4 is 15.9 Å². The van der Waals surface area contributed by atoms with E-state index in [9.17, 15) is 13.2 Å². The standard InChI is InChI=1S/C15H13BrF3N/c1-20-14(9-3-2-4-10(17)7-9)8-11-13(18)6-5-12(16)15(11)19/h2-7,14,20H,8H2,1H3. The van der Waals surface area contributed by atoms with E-state index in [1.54, 1.807) is 19.2 Å². The van der Waals surface area contributed by atoms with E-state index in [0.717, 1.165) is 0 Å². The van der Waals surface area contributed by atoms with Crippen LogP contribution in [0.15, 0.2) is 40.9 Å². The van der Waals surface area contributed by atoms with Gasteiger partial charge in [-0.05, 0) is 59.2 Å². The summed E-state index contributed by atoms with van der Waals surface area (Å²) in [5.74, 6) is -1.61. The summed E-state index contributed by atoms with van der Waals surface area (Å²) in [5.41, 5.74) is 0.620. The van der Waals surface area contributed by atoms with Crippen molar-refractivity contribution in [2.24, 2.45) is 0 Å². The smallest absolute Gasteiger partial charge is 0.143 e. The predicted octanol–water partition coefficient (Wildman–Crippen LogP) is 4.37. The van der Waals surface area contributed by atoms with Crippen molar-refractivity contribution in [1.82, 2.24) is 5.32 Å². The van der Waals surface area contributed by atoms with Crippen molar-refractivity contribution in [3.05, 3.63) is 69.4 Å². The minimum Gasteiger partial charge on any atom is -0.313 e. The highest BCUT2D eigenvalue weighted by Crippen LogP contribution is 2.26. The van der Waals surface area contributed by atoms with Gasteiger partial charge in [0.15, 0.2) is 0 Å². The summed E-state index contributed by atoms with van der Waals surface area (Å²) in [6, 6.07) is 8.14. The van der Waals surface area contributed by atoms with Gasteiger partial charge >= 0.3 is 0 Å². The molecule has 0 aliphatic heterocycles. The van der Waals surface area contributed by atoms with Gasteiger partial charge in [-0.15, -0.1) is 0 Å². The van der Waals surface area contributed by atoms with Crippen LogP contribution in [0.2, 0.25) is 0 Å². The molecular formula is C15H13BrF3N. The first-order valence-corrected chi connectivity index (χ1v) is 6.87. The highest BCUT2D eigenvalue weighted by Gasteiger charge is 2.18. The fourth-order valence-corrected chi connectivity index (χ4v) is 2.44. The van der Waals surface area contributed by atoms with Crippen molar-refractivity contribution in [3.63, 3.8) is 0 Å². The Hall–Kier alpha value is -1.33. The van der Waals surface area contributed by atoms with Crippen LogP contribution < -0.4 is 5.32 Å². The lowest BCUT2D eigenvalue weighted by molar-refractivity contribution is 0.510. The molecule has 5 heteroatoms. The quantitative estimate of drug-likeness (QED) is 0.813. The highest BCUT2D eigenvalue weighted by atomic mass is 79.9.